The average Bonchev–Trinajstić information content (AvgIpc) is 3.10. The standard InChI is InChI=1S/C17H16N2O4S2/c1-19-15(20)13-6-8-24-14(13)18-17(19)25-9-7-23-12-5-3-4-11(10-12)16(21)22-2/h3-6,8,10H,7,9H2,1-2H3. The first-order valence-corrected chi connectivity index (χ1v) is 9.35. The van der Waals surface area contributed by atoms with E-state index in [-0.39, 0.29) is 5.56 Å². The van der Waals surface area contributed by atoms with Crippen LogP contribution in [0.5, 0.6) is 5.75 Å². The number of thioether (sulfide) groups is 1. The number of ether oxygens (including phenoxy) is 2. The molecular formula is C17H16N2O4S2. The van der Waals surface area contributed by atoms with E-state index in [4.69, 9.17) is 4.74 Å². The van der Waals surface area contributed by atoms with Gasteiger partial charge in [0.1, 0.15) is 10.6 Å². The lowest BCUT2D eigenvalue weighted by atomic mass is 10.2. The molecule has 2 heterocycles. The lowest BCUT2D eigenvalue weighted by Gasteiger charge is -2.09. The number of thiophene rings is 1. The van der Waals surface area contributed by atoms with Gasteiger partial charge in [-0.25, -0.2) is 9.78 Å². The first-order chi connectivity index (χ1) is 12.1. The van der Waals surface area contributed by atoms with Gasteiger partial charge in [0.25, 0.3) is 5.56 Å². The largest absolute Gasteiger partial charge is 0.493 e. The van der Waals surface area contributed by atoms with Gasteiger partial charge in [-0.3, -0.25) is 9.36 Å². The molecule has 3 rings (SSSR count). The van der Waals surface area contributed by atoms with Crippen LogP contribution < -0.4 is 10.3 Å². The summed E-state index contributed by atoms with van der Waals surface area (Å²) in [6, 6.07) is 8.63. The molecule has 0 aliphatic rings. The molecule has 0 atom stereocenters. The van der Waals surface area contributed by atoms with Gasteiger partial charge in [-0.05, 0) is 29.6 Å². The third-order valence-corrected chi connectivity index (χ3v) is 5.30. The zero-order chi connectivity index (χ0) is 17.8. The van der Waals surface area contributed by atoms with E-state index in [2.05, 4.69) is 9.72 Å². The molecule has 0 unspecified atom stereocenters. The molecule has 6 nitrogen and oxygen atoms in total. The number of benzene rings is 1. The van der Waals surface area contributed by atoms with Crippen molar-refractivity contribution < 1.29 is 14.3 Å². The SMILES string of the molecule is COC(=O)c1cccc(OCCSc2nc3sccc3c(=O)n2C)c1. The van der Waals surface area contributed by atoms with Crippen LogP contribution in [0.25, 0.3) is 10.2 Å². The summed E-state index contributed by atoms with van der Waals surface area (Å²) in [6.07, 6.45) is 0. The van der Waals surface area contributed by atoms with Gasteiger partial charge in [-0.1, -0.05) is 17.8 Å². The molecule has 0 radical (unpaired) electrons. The Hall–Kier alpha value is -2.32. The van der Waals surface area contributed by atoms with Crippen molar-refractivity contribution in [3.63, 3.8) is 0 Å². The molecule has 130 valence electrons. The summed E-state index contributed by atoms with van der Waals surface area (Å²) in [6.45, 7) is 0.424. The third kappa shape index (κ3) is 3.85. The number of aromatic nitrogens is 2. The van der Waals surface area contributed by atoms with Crippen molar-refractivity contribution in [3.8, 4) is 5.75 Å². The number of methoxy groups -OCH3 is 1. The van der Waals surface area contributed by atoms with Crippen molar-refractivity contribution in [1.82, 2.24) is 9.55 Å². The minimum absolute atomic E-state index is 0.0413. The smallest absolute Gasteiger partial charge is 0.337 e. The second-order valence-electron chi connectivity index (χ2n) is 5.11. The lowest BCUT2D eigenvalue weighted by Crippen LogP contribution is -2.19. The van der Waals surface area contributed by atoms with E-state index in [1.54, 1.807) is 41.9 Å². The van der Waals surface area contributed by atoms with Crippen molar-refractivity contribution >= 4 is 39.3 Å². The summed E-state index contributed by atoms with van der Waals surface area (Å²) >= 11 is 2.91. The van der Waals surface area contributed by atoms with Gasteiger partial charge in [0.2, 0.25) is 0 Å². The first-order valence-electron chi connectivity index (χ1n) is 7.48. The summed E-state index contributed by atoms with van der Waals surface area (Å²) < 4.78 is 11.9. The number of hydrogen-bond donors (Lipinski definition) is 0. The number of nitrogens with zero attached hydrogens (tertiary/aromatic N) is 2. The van der Waals surface area contributed by atoms with Crippen LogP contribution >= 0.6 is 23.1 Å². The molecule has 0 fully saturated rings. The van der Waals surface area contributed by atoms with Crippen molar-refractivity contribution in [2.24, 2.45) is 7.05 Å². The topological polar surface area (TPSA) is 70.4 Å². The maximum Gasteiger partial charge on any atom is 0.337 e. The van der Waals surface area contributed by atoms with Crippen LogP contribution in [-0.2, 0) is 11.8 Å². The molecule has 1 aromatic carbocycles. The van der Waals surface area contributed by atoms with Crippen LogP contribution in [0.15, 0.2) is 45.7 Å². The predicted octanol–water partition coefficient (Wildman–Crippen LogP) is 2.95. The molecule has 0 aliphatic carbocycles. The van der Waals surface area contributed by atoms with E-state index in [1.165, 1.54) is 30.2 Å². The van der Waals surface area contributed by atoms with Crippen molar-refractivity contribution in [1.29, 1.82) is 0 Å². The zero-order valence-electron chi connectivity index (χ0n) is 13.7. The fraction of sp³-hybridized carbons (Fsp3) is 0.235. The molecule has 8 heteroatoms. The molecule has 25 heavy (non-hydrogen) atoms. The van der Waals surface area contributed by atoms with Gasteiger partial charge in [0.05, 0.1) is 24.7 Å². The van der Waals surface area contributed by atoms with Crippen molar-refractivity contribution in [3.05, 3.63) is 51.6 Å². The Kier molecular flexibility index (Phi) is 5.40. The Morgan fingerprint density at radius 1 is 1.36 bits per heavy atom. The van der Waals surface area contributed by atoms with Gasteiger partial charge < -0.3 is 9.47 Å². The Morgan fingerprint density at radius 3 is 3.00 bits per heavy atom. The van der Waals surface area contributed by atoms with E-state index < -0.39 is 5.97 Å². The molecule has 2 aromatic heterocycles. The molecule has 0 aliphatic heterocycles. The minimum atomic E-state index is -0.400. The Balaban J connectivity index is 1.61. The number of carbonyl (C=O) groups excluding carboxylic acids is 1. The van der Waals surface area contributed by atoms with Crippen LogP contribution in [0.1, 0.15) is 10.4 Å². The molecule has 0 N–H and O–H groups in total. The van der Waals surface area contributed by atoms with Crippen molar-refractivity contribution in [2.45, 2.75) is 5.16 Å². The van der Waals surface area contributed by atoms with E-state index in [0.29, 0.717) is 34.2 Å². The van der Waals surface area contributed by atoms with Crippen LogP contribution in [-0.4, -0.2) is 35.0 Å². The van der Waals surface area contributed by atoms with E-state index in [1.807, 2.05) is 5.38 Å². The molecule has 0 saturated heterocycles. The van der Waals surface area contributed by atoms with Crippen LogP contribution in [0.3, 0.4) is 0 Å². The van der Waals surface area contributed by atoms with Gasteiger partial charge in [-0.2, -0.15) is 0 Å². The van der Waals surface area contributed by atoms with Gasteiger partial charge in [0.15, 0.2) is 5.16 Å². The highest BCUT2D eigenvalue weighted by Gasteiger charge is 2.10. The van der Waals surface area contributed by atoms with Gasteiger partial charge in [0, 0.05) is 12.8 Å². The highest BCUT2D eigenvalue weighted by Crippen LogP contribution is 2.21. The molecule has 3 aromatic rings. The Labute approximate surface area is 152 Å². The van der Waals surface area contributed by atoms with E-state index >= 15 is 0 Å². The third-order valence-electron chi connectivity index (χ3n) is 3.50. The summed E-state index contributed by atoms with van der Waals surface area (Å²) in [5, 5.41) is 3.17. The number of esters is 1. The summed E-state index contributed by atoms with van der Waals surface area (Å²) in [5.41, 5.74) is 0.403. The van der Waals surface area contributed by atoms with E-state index in [0.717, 1.165) is 4.83 Å². The van der Waals surface area contributed by atoms with Crippen LogP contribution in [0, 0.1) is 0 Å². The fourth-order valence-electron chi connectivity index (χ4n) is 2.23. The van der Waals surface area contributed by atoms with Crippen LogP contribution in [0.2, 0.25) is 0 Å². The Bertz CT molecular complexity index is 965. The van der Waals surface area contributed by atoms with E-state index in [9.17, 15) is 9.59 Å². The number of rotatable bonds is 6. The molecule has 0 bridgehead atoms. The molecule has 0 amide bonds. The molecular weight excluding hydrogens is 360 g/mol. The number of hydrogen-bond acceptors (Lipinski definition) is 7. The average molecular weight is 376 g/mol. The summed E-state index contributed by atoms with van der Waals surface area (Å²) in [4.78, 5) is 29.0. The van der Waals surface area contributed by atoms with Crippen LogP contribution in [0.4, 0.5) is 0 Å². The highest BCUT2D eigenvalue weighted by molar-refractivity contribution is 7.99. The molecule has 0 spiro atoms. The number of fused-ring (bicyclic) bond motifs is 1. The highest BCUT2D eigenvalue weighted by atomic mass is 32.2. The van der Waals surface area contributed by atoms with Crippen molar-refractivity contribution in [2.75, 3.05) is 19.5 Å². The minimum Gasteiger partial charge on any atom is -0.493 e. The lowest BCUT2D eigenvalue weighted by molar-refractivity contribution is 0.0600. The quantitative estimate of drug-likeness (QED) is 0.285. The van der Waals surface area contributed by atoms with Gasteiger partial charge in [-0.15, -0.1) is 11.3 Å². The second-order valence-corrected chi connectivity index (χ2v) is 7.07. The summed E-state index contributed by atoms with van der Waals surface area (Å²) in [7, 11) is 3.06. The number of carbonyl (C=O) groups is 1. The maximum atomic E-state index is 12.2. The fourth-order valence-corrected chi connectivity index (χ4v) is 3.83. The normalized spacial score (nSPS) is 10.8. The predicted molar refractivity (Wildman–Crippen MR) is 98.9 cm³/mol. The van der Waals surface area contributed by atoms with Gasteiger partial charge >= 0.3 is 5.97 Å². The Morgan fingerprint density at radius 2 is 2.20 bits per heavy atom. The zero-order valence-corrected chi connectivity index (χ0v) is 15.4. The maximum absolute atomic E-state index is 12.2. The molecule has 0 saturated carbocycles. The summed E-state index contributed by atoms with van der Waals surface area (Å²) in [5.74, 6) is 0.821. The first kappa shape index (κ1) is 17.5. The second kappa shape index (κ2) is 7.71. The monoisotopic (exact) mass is 376 g/mol.